The Bertz CT molecular complexity index is 730. The third-order valence-electron chi connectivity index (χ3n) is 3.97. The number of rotatable bonds is 3. The van der Waals surface area contributed by atoms with Gasteiger partial charge in [0.1, 0.15) is 5.75 Å². The predicted octanol–water partition coefficient (Wildman–Crippen LogP) is 4.63. The van der Waals surface area contributed by atoms with Crippen LogP contribution >= 0.6 is 11.8 Å². The third kappa shape index (κ3) is 2.95. The Morgan fingerprint density at radius 3 is 2.55 bits per heavy atom. The minimum Gasteiger partial charge on any atom is -0.497 e. The van der Waals surface area contributed by atoms with Gasteiger partial charge in [-0.15, -0.1) is 11.8 Å². The molecule has 0 aromatic heterocycles. The van der Waals surface area contributed by atoms with Gasteiger partial charge in [-0.3, -0.25) is 4.79 Å². The van der Waals surface area contributed by atoms with E-state index in [4.69, 9.17) is 4.74 Å². The molecular formula is C19H18O2S. The Balaban J connectivity index is 1.92. The van der Waals surface area contributed by atoms with Gasteiger partial charge in [-0.1, -0.05) is 18.2 Å². The summed E-state index contributed by atoms with van der Waals surface area (Å²) in [6.07, 6.45) is 5.76. The molecule has 0 unspecified atom stereocenters. The van der Waals surface area contributed by atoms with Crippen molar-refractivity contribution in [2.45, 2.75) is 17.7 Å². The highest BCUT2D eigenvalue weighted by Crippen LogP contribution is 2.29. The van der Waals surface area contributed by atoms with Gasteiger partial charge in [-0.05, 0) is 60.6 Å². The van der Waals surface area contributed by atoms with Crippen molar-refractivity contribution in [3.8, 4) is 5.75 Å². The topological polar surface area (TPSA) is 26.3 Å². The third-order valence-corrected chi connectivity index (χ3v) is 4.72. The van der Waals surface area contributed by atoms with E-state index in [0.29, 0.717) is 0 Å². The number of hydrogen-bond acceptors (Lipinski definition) is 3. The maximum absolute atomic E-state index is 12.7. The van der Waals surface area contributed by atoms with Crippen LogP contribution in [0, 0.1) is 0 Å². The van der Waals surface area contributed by atoms with E-state index in [1.165, 1.54) is 4.90 Å². The van der Waals surface area contributed by atoms with E-state index < -0.39 is 0 Å². The first kappa shape index (κ1) is 14.9. The number of carbonyl (C=O) groups excluding carboxylic acids is 1. The Kier molecular flexibility index (Phi) is 4.34. The SMILES string of the molecule is COc1ccc2c(c1)C(=O)/C(=C/c1ccc(SC)cc1)CC2. The Hall–Kier alpha value is -2.00. The molecule has 1 aliphatic rings. The smallest absolute Gasteiger partial charge is 0.189 e. The van der Waals surface area contributed by atoms with Crippen LogP contribution in [0.4, 0.5) is 0 Å². The number of allylic oxidation sites excluding steroid dienone is 1. The summed E-state index contributed by atoms with van der Waals surface area (Å²) in [6, 6.07) is 14.1. The fraction of sp³-hybridized carbons (Fsp3) is 0.211. The standard InChI is InChI=1S/C19H18O2S/c1-21-16-8-7-14-5-6-15(19(20)18(14)12-16)11-13-3-9-17(22-2)10-4-13/h3-4,7-12H,5-6H2,1-2H3/b15-11+. The van der Waals surface area contributed by atoms with Crippen LogP contribution in [-0.4, -0.2) is 19.1 Å². The summed E-state index contributed by atoms with van der Waals surface area (Å²) in [5.41, 5.74) is 3.84. The monoisotopic (exact) mass is 310 g/mol. The largest absolute Gasteiger partial charge is 0.497 e. The molecule has 22 heavy (non-hydrogen) atoms. The lowest BCUT2D eigenvalue weighted by molar-refractivity contribution is 0.102. The zero-order chi connectivity index (χ0) is 15.5. The number of hydrogen-bond donors (Lipinski definition) is 0. The summed E-state index contributed by atoms with van der Waals surface area (Å²) < 4.78 is 5.23. The Labute approximate surface area is 135 Å². The van der Waals surface area contributed by atoms with Gasteiger partial charge in [0, 0.05) is 16.0 Å². The highest BCUT2D eigenvalue weighted by Gasteiger charge is 2.22. The summed E-state index contributed by atoms with van der Waals surface area (Å²) in [5.74, 6) is 0.853. The van der Waals surface area contributed by atoms with Crippen LogP contribution in [0.1, 0.15) is 27.9 Å². The number of thioether (sulfide) groups is 1. The molecule has 0 aliphatic heterocycles. The lowest BCUT2D eigenvalue weighted by atomic mass is 9.86. The maximum Gasteiger partial charge on any atom is 0.189 e. The second-order valence-corrected chi connectivity index (χ2v) is 6.17. The van der Waals surface area contributed by atoms with Gasteiger partial charge in [-0.2, -0.15) is 0 Å². The van der Waals surface area contributed by atoms with Crippen molar-refractivity contribution in [2.24, 2.45) is 0 Å². The average Bonchev–Trinajstić information content (AvgIpc) is 2.58. The fourth-order valence-corrected chi connectivity index (χ4v) is 3.12. The summed E-state index contributed by atoms with van der Waals surface area (Å²) in [4.78, 5) is 13.9. The van der Waals surface area contributed by atoms with Crippen LogP contribution in [0.3, 0.4) is 0 Å². The molecular weight excluding hydrogens is 292 g/mol. The maximum atomic E-state index is 12.7. The second kappa shape index (κ2) is 6.41. The number of ether oxygens (including phenoxy) is 1. The van der Waals surface area contributed by atoms with Gasteiger partial charge in [0.05, 0.1) is 7.11 Å². The normalized spacial score (nSPS) is 15.7. The first-order chi connectivity index (χ1) is 10.7. The van der Waals surface area contributed by atoms with Crippen LogP contribution in [0.15, 0.2) is 52.9 Å². The zero-order valence-electron chi connectivity index (χ0n) is 12.8. The van der Waals surface area contributed by atoms with Gasteiger partial charge in [-0.25, -0.2) is 0 Å². The molecule has 3 rings (SSSR count). The van der Waals surface area contributed by atoms with Gasteiger partial charge in [0.2, 0.25) is 0 Å². The lowest BCUT2D eigenvalue weighted by Gasteiger charge is -2.18. The molecule has 0 N–H and O–H groups in total. The quantitative estimate of drug-likeness (QED) is 0.611. The van der Waals surface area contributed by atoms with Crippen LogP contribution < -0.4 is 4.74 Å². The van der Waals surface area contributed by atoms with E-state index in [0.717, 1.165) is 40.9 Å². The van der Waals surface area contributed by atoms with Gasteiger partial charge in [0.25, 0.3) is 0 Å². The predicted molar refractivity (Wildman–Crippen MR) is 91.8 cm³/mol. The van der Waals surface area contributed by atoms with Crippen molar-refractivity contribution in [3.63, 3.8) is 0 Å². The second-order valence-electron chi connectivity index (χ2n) is 5.29. The molecule has 0 spiro atoms. The highest BCUT2D eigenvalue weighted by atomic mass is 32.2. The summed E-state index contributed by atoms with van der Waals surface area (Å²) in [5, 5.41) is 0. The molecule has 2 aromatic carbocycles. The van der Waals surface area contributed by atoms with Crippen molar-refractivity contribution >= 4 is 23.6 Å². The number of aryl methyl sites for hydroxylation is 1. The van der Waals surface area contributed by atoms with Gasteiger partial charge < -0.3 is 4.74 Å². The number of Topliss-reactive ketones (excluding diaryl/α,β-unsaturated/α-hetero) is 1. The minimum atomic E-state index is 0.120. The summed E-state index contributed by atoms with van der Waals surface area (Å²) >= 11 is 1.72. The Morgan fingerprint density at radius 2 is 1.86 bits per heavy atom. The van der Waals surface area contributed by atoms with Crippen molar-refractivity contribution in [1.29, 1.82) is 0 Å². The van der Waals surface area contributed by atoms with Crippen LogP contribution in [-0.2, 0) is 6.42 Å². The molecule has 0 saturated heterocycles. The molecule has 2 nitrogen and oxygen atoms in total. The summed E-state index contributed by atoms with van der Waals surface area (Å²) in [7, 11) is 1.62. The van der Waals surface area contributed by atoms with E-state index >= 15 is 0 Å². The molecule has 1 aliphatic carbocycles. The molecule has 112 valence electrons. The van der Waals surface area contributed by atoms with Crippen LogP contribution in [0.5, 0.6) is 5.75 Å². The number of methoxy groups -OCH3 is 1. The number of ketones is 1. The molecule has 0 heterocycles. The molecule has 0 bridgehead atoms. The average molecular weight is 310 g/mol. The highest BCUT2D eigenvalue weighted by molar-refractivity contribution is 7.98. The molecule has 0 atom stereocenters. The van der Waals surface area contributed by atoms with E-state index in [1.54, 1.807) is 18.9 Å². The van der Waals surface area contributed by atoms with Crippen molar-refractivity contribution in [1.82, 2.24) is 0 Å². The Morgan fingerprint density at radius 1 is 1.09 bits per heavy atom. The zero-order valence-corrected chi connectivity index (χ0v) is 13.6. The van der Waals surface area contributed by atoms with Crippen LogP contribution in [0.2, 0.25) is 0 Å². The molecule has 0 fully saturated rings. The fourth-order valence-electron chi connectivity index (χ4n) is 2.71. The molecule has 3 heteroatoms. The molecule has 0 amide bonds. The van der Waals surface area contributed by atoms with Crippen molar-refractivity contribution in [2.75, 3.05) is 13.4 Å². The van der Waals surface area contributed by atoms with E-state index in [2.05, 4.69) is 30.5 Å². The first-order valence-corrected chi connectivity index (χ1v) is 8.50. The van der Waals surface area contributed by atoms with E-state index in [1.807, 2.05) is 24.3 Å². The molecule has 0 saturated carbocycles. The number of benzene rings is 2. The minimum absolute atomic E-state index is 0.120. The first-order valence-electron chi connectivity index (χ1n) is 7.27. The van der Waals surface area contributed by atoms with E-state index in [-0.39, 0.29) is 5.78 Å². The van der Waals surface area contributed by atoms with Crippen molar-refractivity contribution < 1.29 is 9.53 Å². The van der Waals surface area contributed by atoms with Gasteiger partial charge >= 0.3 is 0 Å². The van der Waals surface area contributed by atoms with Gasteiger partial charge in [0.15, 0.2) is 5.78 Å². The van der Waals surface area contributed by atoms with E-state index in [9.17, 15) is 4.79 Å². The molecule has 0 radical (unpaired) electrons. The molecule has 2 aromatic rings. The number of carbonyl (C=O) groups is 1. The summed E-state index contributed by atoms with van der Waals surface area (Å²) in [6.45, 7) is 0. The van der Waals surface area contributed by atoms with Crippen LogP contribution in [0.25, 0.3) is 6.08 Å². The van der Waals surface area contributed by atoms with Crippen molar-refractivity contribution in [3.05, 3.63) is 64.7 Å². The lowest BCUT2D eigenvalue weighted by Crippen LogP contribution is -2.14. The number of fused-ring (bicyclic) bond motifs is 1.